The highest BCUT2D eigenvalue weighted by atomic mass is 79.9. The van der Waals surface area contributed by atoms with Crippen molar-refractivity contribution in [2.75, 3.05) is 6.61 Å². The van der Waals surface area contributed by atoms with Gasteiger partial charge in [-0.25, -0.2) is 0 Å². The molecule has 3 rings (SSSR count). The summed E-state index contributed by atoms with van der Waals surface area (Å²) in [5.74, 6) is 0.941. The largest absolute Gasteiger partial charge is 0.493 e. The lowest BCUT2D eigenvalue weighted by Crippen LogP contribution is -2.20. The van der Waals surface area contributed by atoms with Crippen molar-refractivity contribution in [2.24, 2.45) is 0 Å². The minimum atomic E-state index is -0.554. The molecule has 0 saturated heterocycles. The maximum absolute atomic E-state index is 10.9. The molecule has 2 aromatic carbocycles. The molecule has 0 aromatic heterocycles. The zero-order valence-electron chi connectivity index (χ0n) is 11.6. The van der Waals surface area contributed by atoms with E-state index in [2.05, 4.69) is 31.9 Å². The first-order valence-corrected chi connectivity index (χ1v) is 8.52. The molecule has 0 spiro atoms. The molecule has 21 heavy (non-hydrogen) atoms. The molecule has 1 N–H and O–H groups in total. The van der Waals surface area contributed by atoms with Gasteiger partial charge in [0.05, 0.1) is 12.7 Å². The third-order valence-electron chi connectivity index (χ3n) is 3.98. The summed E-state index contributed by atoms with van der Waals surface area (Å²) in [6, 6.07) is 12.0. The molecule has 2 aromatic rings. The Hall–Kier alpha value is -0.840. The number of fused-ring (bicyclic) bond motifs is 1. The summed E-state index contributed by atoms with van der Waals surface area (Å²) in [4.78, 5) is 0. The van der Waals surface area contributed by atoms with E-state index in [4.69, 9.17) is 4.74 Å². The Balaban J connectivity index is 2.00. The van der Waals surface area contributed by atoms with E-state index in [-0.39, 0.29) is 5.92 Å². The van der Waals surface area contributed by atoms with Crippen LogP contribution in [0.2, 0.25) is 0 Å². The predicted molar refractivity (Wildman–Crippen MR) is 90.8 cm³/mol. The van der Waals surface area contributed by atoms with Crippen LogP contribution in [-0.2, 0) is 0 Å². The van der Waals surface area contributed by atoms with Crippen LogP contribution in [0.1, 0.15) is 35.1 Å². The number of aryl methyl sites for hydroxylation is 1. The van der Waals surface area contributed by atoms with Crippen molar-refractivity contribution < 1.29 is 9.84 Å². The van der Waals surface area contributed by atoms with Crippen LogP contribution in [0.15, 0.2) is 45.3 Å². The molecule has 0 fully saturated rings. The molecule has 0 radical (unpaired) electrons. The Bertz CT molecular complexity index is 670. The lowest BCUT2D eigenvalue weighted by atomic mass is 9.85. The molecular formula is C17H16Br2O2. The lowest BCUT2D eigenvalue weighted by Gasteiger charge is -2.30. The molecule has 1 heterocycles. The van der Waals surface area contributed by atoms with Crippen molar-refractivity contribution in [3.63, 3.8) is 0 Å². The van der Waals surface area contributed by atoms with Crippen LogP contribution in [-0.4, -0.2) is 11.7 Å². The van der Waals surface area contributed by atoms with Gasteiger partial charge < -0.3 is 9.84 Å². The molecule has 0 bridgehead atoms. The van der Waals surface area contributed by atoms with Gasteiger partial charge >= 0.3 is 0 Å². The molecule has 2 nitrogen and oxygen atoms in total. The summed E-state index contributed by atoms with van der Waals surface area (Å²) in [5.41, 5.74) is 3.14. The number of aliphatic hydroxyl groups is 1. The predicted octanol–water partition coefficient (Wildman–Crippen LogP) is 5.12. The van der Waals surface area contributed by atoms with E-state index in [1.807, 2.05) is 43.3 Å². The number of hydrogen-bond acceptors (Lipinski definition) is 2. The van der Waals surface area contributed by atoms with Crippen LogP contribution in [0.4, 0.5) is 0 Å². The first-order chi connectivity index (χ1) is 10.1. The van der Waals surface area contributed by atoms with Crippen molar-refractivity contribution in [1.82, 2.24) is 0 Å². The molecule has 110 valence electrons. The van der Waals surface area contributed by atoms with Gasteiger partial charge in [-0.2, -0.15) is 0 Å². The lowest BCUT2D eigenvalue weighted by molar-refractivity contribution is 0.116. The molecule has 0 amide bonds. The van der Waals surface area contributed by atoms with Gasteiger partial charge in [0, 0.05) is 20.4 Å². The van der Waals surface area contributed by atoms with Gasteiger partial charge in [-0.1, -0.05) is 50.1 Å². The summed E-state index contributed by atoms with van der Waals surface area (Å²) < 4.78 is 7.64. The number of hydrogen-bond donors (Lipinski definition) is 1. The van der Waals surface area contributed by atoms with Crippen molar-refractivity contribution >= 4 is 31.9 Å². The number of aliphatic hydroxyl groups excluding tert-OH is 1. The fourth-order valence-electron chi connectivity index (χ4n) is 2.80. The first-order valence-electron chi connectivity index (χ1n) is 6.93. The van der Waals surface area contributed by atoms with Crippen LogP contribution in [0, 0.1) is 6.92 Å². The average Bonchev–Trinajstić information content (AvgIpc) is 2.49. The van der Waals surface area contributed by atoms with Crippen LogP contribution in [0.5, 0.6) is 5.75 Å². The smallest absolute Gasteiger partial charge is 0.122 e. The quantitative estimate of drug-likeness (QED) is 0.742. The fourth-order valence-corrected chi connectivity index (χ4v) is 3.86. The van der Waals surface area contributed by atoms with E-state index in [1.165, 1.54) is 0 Å². The summed E-state index contributed by atoms with van der Waals surface area (Å²) in [6.07, 6.45) is 0.261. The van der Waals surface area contributed by atoms with Gasteiger partial charge in [-0.05, 0) is 42.7 Å². The first kappa shape index (κ1) is 15.1. The zero-order chi connectivity index (χ0) is 15.0. The highest BCUT2D eigenvalue weighted by Gasteiger charge is 2.29. The minimum absolute atomic E-state index is 0.0563. The topological polar surface area (TPSA) is 29.5 Å². The van der Waals surface area contributed by atoms with Gasteiger partial charge in [0.1, 0.15) is 5.75 Å². The normalized spacial score (nSPS) is 18.8. The molecule has 1 aliphatic rings. The Morgan fingerprint density at radius 3 is 2.76 bits per heavy atom. The monoisotopic (exact) mass is 410 g/mol. The van der Waals surface area contributed by atoms with E-state index in [9.17, 15) is 5.11 Å². The van der Waals surface area contributed by atoms with Gasteiger partial charge in [-0.3, -0.25) is 0 Å². The highest BCUT2D eigenvalue weighted by Crippen LogP contribution is 2.43. The second kappa shape index (κ2) is 6.11. The van der Waals surface area contributed by atoms with Gasteiger partial charge in [0.25, 0.3) is 0 Å². The van der Waals surface area contributed by atoms with Crippen molar-refractivity contribution in [1.29, 1.82) is 0 Å². The summed E-state index contributed by atoms with van der Waals surface area (Å²) in [5, 5.41) is 10.9. The Morgan fingerprint density at radius 2 is 1.95 bits per heavy atom. The molecule has 2 unspecified atom stereocenters. The van der Waals surface area contributed by atoms with E-state index in [0.717, 1.165) is 37.8 Å². The number of halogens is 2. The third kappa shape index (κ3) is 2.89. The molecule has 4 heteroatoms. The number of benzene rings is 2. The maximum Gasteiger partial charge on any atom is 0.122 e. The van der Waals surface area contributed by atoms with Gasteiger partial charge in [0.2, 0.25) is 0 Å². The van der Waals surface area contributed by atoms with Gasteiger partial charge in [0.15, 0.2) is 0 Å². The standard InChI is InChI=1S/C17H16Br2O2/c1-10-8-15(19)13(9-14(10)18)17(20)12-6-7-21-16-5-3-2-4-11(12)16/h2-5,8-9,12,17,20H,6-7H2,1H3. The summed E-state index contributed by atoms with van der Waals surface area (Å²) in [7, 11) is 0. The van der Waals surface area contributed by atoms with Crippen molar-refractivity contribution in [2.45, 2.75) is 25.4 Å². The summed E-state index contributed by atoms with van der Waals surface area (Å²) in [6.45, 7) is 2.68. The molecule has 1 aliphatic heterocycles. The second-order valence-electron chi connectivity index (χ2n) is 5.35. The number of para-hydroxylation sites is 1. The Labute approximate surface area is 141 Å². The number of ether oxygens (including phenoxy) is 1. The van der Waals surface area contributed by atoms with Crippen molar-refractivity contribution in [3.05, 3.63) is 62.0 Å². The molecular weight excluding hydrogens is 396 g/mol. The Kier molecular flexibility index (Phi) is 4.38. The molecule has 0 saturated carbocycles. The summed E-state index contributed by atoms with van der Waals surface area (Å²) >= 11 is 7.12. The molecule has 2 atom stereocenters. The van der Waals surface area contributed by atoms with Crippen LogP contribution >= 0.6 is 31.9 Å². The van der Waals surface area contributed by atoms with Crippen molar-refractivity contribution in [3.8, 4) is 5.75 Å². The number of rotatable bonds is 2. The average molecular weight is 412 g/mol. The second-order valence-corrected chi connectivity index (χ2v) is 7.06. The third-order valence-corrected chi connectivity index (χ3v) is 5.52. The SMILES string of the molecule is Cc1cc(Br)c(C(O)C2CCOc3ccccc32)cc1Br. The van der Waals surface area contributed by atoms with E-state index < -0.39 is 6.10 Å². The Morgan fingerprint density at radius 1 is 1.19 bits per heavy atom. The van der Waals surface area contributed by atoms with Crippen LogP contribution < -0.4 is 4.74 Å². The highest BCUT2D eigenvalue weighted by molar-refractivity contribution is 9.11. The van der Waals surface area contributed by atoms with Crippen LogP contribution in [0.3, 0.4) is 0 Å². The maximum atomic E-state index is 10.9. The van der Waals surface area contributed by atoms with E-state index in [1.54, 1.807) is 0 Å². The fraction of sp³-hybridized carbons (Fsp3) is 0.294. The molecule has 0 aliphatic carbocycles. The van der Waals surface area contributed by atoms with Crippen LogP contribution in [0.25, 0.3) is 0 Å². The van der Waals surface area contributed by atoms with Gasteiger partial charge in [-0.15, -0.1) is 0 Å². The zero-order valence-corrected chi connectivity index (χ0v) is 14.8. The van der Waals surface area contributed by atoms with E-state index >= 15 is 0 Å². The van der Waals surface area contributed by atoms with E-state index in [0.29, 0.717) is 6.61 Å². The minimum Gasteiger partial charge on any atom is -0.493 e.